The zero-order valence-electron chi connectivity index (χ0n) is 14.3. The van der Waals surface area contributed by atoms with Crippen molar-refractivity contribution in [3.8, 4) is 0 Å². The van der Waals surface area contributed by atoms with Gasteiger partial charge < -0.3 is 10.2 Å². The van der Waals surface area contributed by atoms with Crippen molar-refractivity contribution in [2.45, 2.75) is 45.4 Å². The van der Waals surface area contributed by atoms with Crippen molar-refractivity contribution in [1.82, 2.24) is 10.2 Å². The first-order chi connectivity index (χ1) is 11.6. The van der Waals surface area contributed by atoms with E-state index in [0.29, 0.717) is 25.1 Å². The molecular formula is C19H26N2O3. The number of ketones is 1. The number of nitrogens with zero attached hydrogens (tertiary/aromatic N) is 1. The predicted molar refractivity (Wildman–Crippen MR) is 92.8 cm³/mol. The van der Waals surface area contributed by atoms with Crippen LogP contribution >= 0.6 is 0 Å². The molecule has 130 valence electrons. The Bertz CT molecular complexity index is 581. The second-order valence-electron chi connectivity index (χ2n) is 6.16. The number of carbonyl (C=O) groups excluding carboxylic acids is 3. The van der Waals surface area contributed by atoms with Crippen molar-refractivity contribution >= 4 is 17.6 Å². The van der Waals surface area contributed by atoms with Gasteiger partial charge in [-0.15, -0.1) is 0 Å². The Morgan fingerprint density at radius 2 is 1.92 bits per heavy atom. The van der Waals surface area contributed by atoms with Crippen LogP contribution in [0.25, 0.3) is 0 Å². The Balaban J connectivity index is 1.61. The van der Waals surface area contributed by atoms with E-state index in [1.54, 1.807) is 0 Å². The first-order valence-corrected chi connectivity index (χ1v) is 8.76. The molecule has 1 N–H and O–H groups in total. The minimum absolute atomic E-state index is 0.00420. The third-order valence-corrected chi connectivity index (χ3v) is 4.36. The maximum Gasteiger partial charge on any atom is 0.222 e. The van der Waals surface area contributed by atoms with E-state index >= 15 is 0 Å². The van der Waals surface area contributed by atoms with Crippen molar-refractivity contribution in [3.05, 3.63) is 35.4 Å². The number of Topliss-reactive ketones (excluding diaryl/α,β-unsaturated/α-hetero) is 1. The molecule has 24 heavy (non-hydrogen) atoms. The molecule has 0 atom stereocenters. The molecule has 2 amide bonds. The Morgan fingerprint density at radius 1 is 1.17 bits per heavy atom. The quantitative estimate of drug-likeness (QED) is 0.558. The summed E-state index contributed by atoms with van der Waals surface area (Å²) in [6.45, 7) is 4.14. The molecule has 0 aromatic heterocycles. The van der Waals surface area contributed by atoms with Crippen molar-refractivity contribution < 1.29 is 14.4 Å². The van der Waals surface area contributed by atoms with Gasteiger partial charge in [-0.1, -0.05) is 31.2 Å². The van der Waals surface area contributed by atoms with Crippen LogP contribution in [0.5, 0.6) is 0 Å². The van der Waals surface area contributed by atoms with Crippen LogP contribution in [0.3, 0.4) is 0 Å². The molecular weight excluding hydrogens is 304 g/mol. The highest BCUT2D eigenvalue weighted by Crippen LogP contribution is 2.10. The van der Waals surface area contributed by atoms with Gasteiger partial charge in [-0.2, -0.15) is 0 Å². The monoisotopic (exact) mass is 330 g/mol. The molecule has 1 aliphatic heterocycles. The number of amides is 2. The van der Waals surface area contributed by atoms with Gasteiger partial charge >= 0.3 is 0 Å². The highest BCUT2D eigenvalue weighted by molar-refractivity contribution is 5.97. The van der Waals surface area contributed by atoms with Gasteiger partial charge in [0.1, 0.15) is 0 Å². The minimum atomic E-state index is -0.110. The van der Waals surface area contributed by atoms with E-state index < -0.39 is 0 Å². The average molecular weight is 330 g/mol. The van der Waals surface area contributed by atoms with Gasteiger partial charge in [0.2, 0.25) is 11.8 Å². The van der Waals surface area contributed by atoms with E-state index in [2.05, 4.69) is 12.2 Å². The summed E-state index contributed by atoms with van der Waals surface area (Å²) < 4.78 is 0. The number of rotatable bonds is 9. The molecule has 1 heterocycles. The second kappa shape index (κ2) is 9.21. The topological polar surface area (TPSA) is 66.5 Å². The maximum atomic E-state index is 12.1. The molecule has 5 heteroatoms. The number of hydrogen-bond acceptors (Lipinski definition) is 3. The Morgan fingerprint density at radius 3 is 2.54 bits per heavy atom. The van der Waals surface area contributed by atoms with Crippen molar-refractivity contribution in [1.29, 1.82) is 0 Å². The van der Waals surface area contributed by atoms with Gasteiger partial charge in [0.15, 0.2) is 5.78 Å². The number of aryl methyl sites for hydroxylation is 1. The minimum Gasteiger partial charge on any atom is -0.356 e. The highest BCUT2D eigenvalue weighted by Gasteiger charge is 2.19. The molecule has 2 rings (SSSR count). The van der Waals surface area contributed by atoms with Crippen LogP contribution < -0.4 is 5.32 Å². The molecule has 1 aromatic rings. The number of carbonyl (C=O) groups is 3. The van der Waals surface area contributed by atoms with Gasteiger partial charge in [-0.25, -0.2) is 0 Å². The molecule has 1 fully saturated rings. The molecule has 0 radical (unpaired) electrons. The van der Waals surface area contributed by atoms with E-state index in [9.17, 15) is 14.4 Å². The zero-order chi connectivity index (χ0) is 17.4. The summed E-state index contributed by atoms with van der Waals surface area (Å²) in [6.07, 6.45) is 3.71. The summed E-state index contributed by atoms with van der Waals surface area (Å²) in [6, 6.07) is 7.55. The van der Waals surface area contributed by atoms with E-state index in [4.69, 9.17) is 0 Å². The smallest absolute Gasteiger partial charge is 0.222 e. The maximum absolute atomic E-state index is 12.1. The fourth-order valence-corrected chi connectivity index (χ4v) is 2.82. The van der Waals surface area contributed by atoms with Crippen LogP contribution in [-0.2, 0) is 16.0 Å². The summed E-state index contributed by atoms with van der Waals surface area (Å²) >= 11 is 0. The van der Waals surface area contributed by atoms with Gasteiger partial charge in [0.25, 0.3) is 0 Å². The lowest BCUT2D eigenvalue weighted by Gasteiger charge is -2.15. The third-order valence-electron chi connectivity index (χ3n) is 4.36. The van der Waals surface area contributed by atoms with Crippen molar-refractivity contribution in [2.75, 3.05) is 19.6 Å². The Hall–Kier alpha value is -2.17. The summed E-state index contributed by atoms with van der Waals surface area (Å²) in [5, 5.41) is 2.82. The van der Waals surface area contributed by atoms with Crippen LogP contribution in [-0.4, -0.2) is 42.1 Å². The van der Waals surface area contributed by atoms with Crippen molar-refractivity contribution in [3.63, 3.8) is 0 Å². The van der Waals surface area contributed by atoms with Crippen LogP contribution in [0.1, 0.15) is 54.9 Å². The molecule has 0 saturated carbocycles. The van der Waals surface area contributed by atoms with Gasteiger partial charge in [-0.3, -0.25) is 14.4 Å². The van der Waals surface area contributed by atoms with Gasteiger partial charge in [0.05, 0.1) is 0 Å². The second-order valence-corrected chi connectivity index (χ2v) is 6.16. The summed E-state index contributed by atoms with van der Waals surface area (Å²) in [5.74, 6) is 0.0951. The number of benzene rings is 1. The van der Waals surface area contributed by atoms with Crippen LogP contribution in [0, 0.1) is 0 Å². The molecule has 0 spiro atoms. The molecule has 0 unspecified atom stereocenters. The van der Waals surface area contributed by atoms with Crippen LogP contribution in [0.4, 0.5) is 0 Å². The van der Waals surface area contributed by atoms with E-state index in [0.717, 1.165) is 25.8 Å². The molecule has 5 nitrogen and oxygen atoms in total. The standard InChI is InChI=1S/C19H26N2O3/c1-2-15-6-8-16(9-7-15)17(22)10-11-18(23)20-12-4-14-21-13-3-5-19(21)24/h6-9H,2-5,10-14H2,1H3,(H,20,23). The lowest BCUT2D eigenvalue weighted by Crippen LogP contribution is -2.30. The van der Waals surface area contributed by atoms with Gasteiger partial charge in [0, 0.05) is 44.5 Å². The molecule has 0 aliphatic carbocycles. The average Bonchev–Trinajstić information content (AvgIpc) is 3.01. The highest BCUT2D eigenvalue weighted by atomic mass is 16.2. The molecule has 1 saturated heterocycles. The Labute approximate surface area is 143 Å². The number of hydrogen-bond donors (Lipinski definition) is 1. The third kappa shape index (κ3) is 5.48. The SMILES string of the molecule is CCc1ccc(C(=O)CCC(=O)NCCCN2CCCC2=O)cc1. The summed E-state index contributed by atoms with van der Waals surface area (Å²) in [4.78, 5) is 37.2. The van der Waals surface area contributed by atoms with E-state index in [1.807, 2.05) is 29.2 Å². The first-order valence-electron chi connectivity index (χ1n) is 8.76. The fraction of sp³-hybridized carbons (Fsp3) is 0.526. The predicted octanol–water partition coefficient (Wildman–Crippen LogP) is 2.34. The largest absolute Gasteiger partial charge is 0.356 e. The van der Waals surface area contributed by atoms with Crippen LogP contribution in [0.2, 0.25) is 0 Å². The number of nitrogens with one attached hydrogen (secondary N) is 1. The van der Waals surface area contributed by atoms with Gasteiger partial charge in [-0.05, 0) is 24.8 Å². The molecule has 0 bridgehead atoms. The fourth-order valence-electron chi connectivity index (χ4n) is 2.82. The van der Waals surface area contributed by atoms with Crippen LogP contribution in [0.15, 0.2) is 24.3 Å². The van der Waals surface area contributed by atoms with E-state index in [1.165, 1.54) is 5.56 Å². The Kier molecular flexibility index (Phi) is 6.97. The van der Waals surface area contributed by atoms with E-state index in [-0.39, 0.29) is 30.4 Å². The molecule has 1 aromatic carbocycles. The summed E-state index contributed by atoms with van der Waals surface area (Å²) in [5.41, 5.74) is 1.85. The first kappa shape index (κ1) is 18.2. The normalized spacial score (nSPS) is 14.0. The summed E-state index contributed by atoms with van der Waals surface area (Å²) in [7, 11) is 0. The zero-order valence-corrected chi connectivity index (χ0v) is 14.3. The number of likely N-dealkylation sites (tertiary alicyclic amines) is 1. The molecule has 1 aliphatic rings. The lowest BCUT2D eigenvalue weighted by molar-refractivity contribution is -0.127. The van der Waals surface area contributed by atoms with Crippen molar-refractivity contribution in [2.24, 2.45) is 0 Å². The lowest BCUT2D eigenvalue weighted by atomic mass is 10.0.